The fraction of sp³-hybridized carbons (Fsp3) is 0.500. The molecule has 0 amide bonds. The van der Waals surface area contributed by atoms with Crippen LogP contribution in [0.3, 0.4) is 0 Å². The van der Waals surface area contributed by atoms with Crippen LogP contribution in [0.2, 0.25) is 5.02 Å². The van der Waals surface area contributed by atoms with Crippen LogP contribution in [-0.2, 0) is 4.74 Å². The molecular formula is C12H16ClNO. The standard InChI is InChI=1S/C12H16ClNO/c13-10-3-5-11(6-4-10)14-8-7-12-2-1-9-15-12/h3-6,12,14H,1-2,7-9H2. The zero-order valence-electron chi connectivity index (χ0n) is 8.71. The van der Waals surface area contributed by atoms with Gasteiger partial charge in [0.25, 0.3) is 0 Å². The second kappa shape index (κ2) is 5.38. The van der Waals surface area contributed by atoms with E-state index in [0.717, 1.165) is 30.3 Å². The summed E-state index contributed by atoms with van der Waals surface area (Å²) in [5, 5.41) is 4.14. The number of halogens is 1. The monoisotopic (exact) mass is 225 g/mol. The molecule has 3 heteroatoms. The molecule has 2 nitrogen and oxygen atoms in total. The first-order valence-electron chi connectivity index (χ1n) is 5.45. The molecule has 1 atom stereocenters. The number of anilines is 1. The minimum atomic E-state index is 0.463. The van der Waals surface area contributed by atoms with E-state index in [1.807, 2.05) is 24.3 Å². The average molecular weight is 226 g/mol. The summed E-state index contributed by atoms with van der Waals surface area (Å²) < 4.78 is 5.55. The normalized spacial score (nSPS) is 20.5. The molecule has 1 N–H and O–H groups in total. The van der Waals surface area contributed by atoms with Gasteiger partial charge in [0.1, 0.15) is 0 Å². The second-order valence-electron chi connectivity index (χ2n) is 3.86. The van der Waals surface area contributed by atoms with E-state index in [1.165, 1.54) is 12.8 Å². The number of benzene rings is 1. The summed E-state index contributed by atoms with van der Waals surface area (Å²) in [6.45, 7) is 1.90. The molecule has 1 aliphatic rings. The Labute approximate surface area is 95.6 Å². The first-order chi connectivity index (χ1) is 7.34. The Balaban J connectivity index is 1.71. The van der Waals surface area contributed by atoms with E-state index in [9.17, 15) is 0 Å². The lowest BCUT2D eigenvalue weighted by Gasteiger charge is -2.10. The van der Waals surface area contributed by atoms with Crippen molar-refractivity contribution in [2.45, 2.75) is 25.4 Å². The third-order valence-electron chi connectivity index (χ3n) is 2.66. The van der Waals surface area contributed by atoms with Gasteiger partial charge in [0.15, 0.2) is 0 Å². The zero-order chi connectivity index (χ0) is 10.5. The molecule has 1 fully saturated rings. The first kappa shape index (κ1) is 10.8. The summed E-state index contributed by atoms with van der Waals surface area (Å²) in [6, 6.07) is 7.79. The van der Waals surface area contributed by atoms with Gasteiger partial charge < -0.3 is 10.1 Å². The van der Waals surface area contributed by atoms with Crippen molar-refractivity contribution in [1.29, 1.82) is 0 Å². The highest BCUT2D eigenvalue weighted by molar-refractivity contribution is 6.30. The lowest BCUT2D eigenvalue weighted by molar-refractivity contribution is 0.107. The molecule has 0 bridgehead atoms. The summed E-state index contributed by atoms with van der Waals surface area (Å²) in [4.78, 5) is 0. The van der Waals surface area contributed by atoms with Crippen LogP contribution in [0, 0.1) is 0 Å². The zero-order valence-corrected chi connectivity index (χ0v) is 9.46. The van der Waals surface area contributed by atoms with Gasteiger partial charge in [0, 0.05) is 23.9 Å². The summed E-state index contributed by atoms with van der Waals surface area (Å²) in [7, 11) is 0. The highest BCUT2D eigenvalue weighted by Gasteiger charge is 2.14. The Bertz CT molecular complexity index is 293. The van der Waals surface area contributed by atoms with Gasteiger partial charge in [-0.2, -0.15) is 0 Å². The lowest BCUT2D eigenvalue weighted by Crippen LogP contribution is -2.12. The predicted octanol–water partition coefficient (Wildman–Crippen LogP) is 3.32. The van der Waals surface area contributed by atoms with E-state index >= 15 is 0 Å². The van der Waals surface area contributed by atoms with Crippen LogP contribution in [-0.4, -0.2) is 19.3 Å². The molecule has 0 saturated carbocycles. The number of ether oxygens (including phenoxy) is 1. The Kier molecular flexibility index (Phi) is 3.87. The molecule has 1 aromatic carbocycles. The fourth-order valence-electron chi connectivity index (χ4n) is 1.82. The van der Waals surface area contributed by atoms with E-state index < -0.39 is 0 Å². The summed E-state index contributed by atoms with van der Waals surface area (Å²) >= 11 is 5.80. The van der Waals surface area contributed by atoms with Crippen molar-refractivity contribution >= 4 is 17.3 Å². The third-order valence-corrected chi connectivity index (χ3v) is 2.92. The molecular weight excluding hydrogens is 210 g/mol. The van der Waals surface area contributed by atoms with Crippen molar-refractivity contribution in [3.05, 3.63) is 29.3 Å². The van der Waals surface area contributed by atoms with Crippen molar-refractivity contribution in [1.82, 2.24) is 0 Å². The molecule has 0 aliphatic carbocycles. The average Bonchev–Trinajstić information content (AvgIpc) is 2.74. The van der Waals surface area contributed by atoms with Crippen LogP contribution in [0.15, 0.2) is 24.3 Å². The molecule has 0 radical (unpaired) electrons. The van der Waals surface area contributed by atoms with E-state index in [1.54, 1.807) is 0 Å². The Morgan fingerprint density at radius 3 is 2.80 bits per heavy atom. The van der Waals surface area contributed by atoms with Crippen LogP contribution in [0.25, 0.3) is 0 Å². The number of rotatable bonds is 4. The quantitative estimate of drug-likeness (QED) is 0.849. The van der Waals surface area contributed by atoms with Gasteiger partial charge in [0.2, 0.25) is 0 Å². The Hall–Kier alpha value is -0.730. The SMILES string of the molecule is Clc1ccc(NCCC2CCCO2)cc1. The molecule has 82 valence electrons. The van der Waals surface area contributed by atoms with Crippen molar-refractivity contribution in [2.24, 2.45) is 0 Å². The van der Waals surface area contributed by atoms with Crippen molar-refractivity contribution in [3.8, 4) is 0 Å². The molecule has 0 spiro atoms. The van der Waals surface area contributed by atoms with Gasteiger partial charge in [-0.3, -0.25) is 0 Å². The van der Waals surface area contributed by atoms with Gasteiger partial charge in [-0.25, -0.2) is 0 Å². The lowest BCUT2D eigenvalue weighted by atomic mass is 10.2. The Morgan fingerprint density at radius 1 is 1.33 bits per heavy atom. The maximum Gasteiger partial charge on any atom is 0.0592 e. The second-order valence-corrected chi connectivity index (χ2v) is 4.29. The number of hydrogen-bond acceptors (Lipinski definition) is 2. The van der Waals surface area contributed by atoms with Crippen molar-refractivity contribution in [2.75, 3.05) is 18.5 Å². The summed E-state index contributed by atoms with van der Waals surface area (Å²) in [5.74, 6) is 0. The van der Waals surface area contributed by atoms with E-state index in [-0.39, 0.29) is 0 Å². The molecule has 1 aliphatic heterocycles. The van der Waals surface area contributed by atoms with Gasteiger partial charge in [-0.1, -0.05) is 11.6 Å². The first-order valence-corrected chi connectivity index (χ1v) is 5.83. The van der Waals surface area contributed by atoms with Crippen LogP contribution in [0.4, 0.5) is 5.69 Å². The fourth-order valence-corrected chi connectivity index (χ4v) is 1.94. The minimum absolute atomic E-state index is 0.463. The summed E-state index contributed by atoms with van der Waals surface area (Å²) in [5.41, 5.74) is 1.12. The molecule has 2 rings (SSSR count). The van der Waals surface area contributed by atoms with E-state index in [4.69, 9.17) is 16.3 Å². The van der Waals surface area contributed by atoms with E-state index in [0.29, 0.717) is 6.10 Å². The molecule has 1 unspecified atom stereocenters. The Morgan fingerprint density at radius 2 is 2.13 bits per heavy atom. The summed E-state index contributed by atoms with van der Waals surface area (Å²) in [6.07, 6.45) is 3.97. The molecule has 1 aromatic rings. The molecule has 15 heavy (non-hydrogen) atoms. The number of nitrogens with one attached hydrogen (secondary N) is 1. The van der Waals surface area contributed by atoms with Crippen LogP contribution in [0.1, 0.15) is 19.3 Å². The smallest absolute Gasteiger partial charge is 0.0592 e. The predicted molar refractivity (Wildman–Crippen MR) is 63.5 cm³/mol. The van der Waals surface area contributed by atoms with Crippen LogP contribution in [0.5, 0.6) is 0 Å². The highest BCUT2D eigenvalue weighted by atomic mass is 35.5. The van der Waals surface area contributed by atoms with Crippen molar-refractivity contribution in [3.63, 3.8) is 0 Å². The van der Waals surface area contributed by atoms with Crippen LogP contribution < -0.4 is 5.32 Å². The van der Waals surface area contributed by atoms with Gasteiger partial charge >= 0.3 is 0 Å². The molecule has 1 saturated heterocycles. The maximum atomic E-state index is 5.80. The van der Waals surface area contributed by atoms with Gasteiger partial charge in [-0.05, 0) is 43.5 Å². The highest BCUT2D eigenvalue weighted by Crippen LogP contribution is 2.16. The third kappa shape index (κ3) is 3.40. The van der Waals surface area contributed by atoms with E-state index in [2.05, 4.69) is 5.32 Å². The minimum Gasteiger partial charge on any atom is -0.385 e. The number of hydrogen-bond donors (Lipinski definition) is 1. The maximum absolute atomic E-state index is 5.80. The largest absolute Gasteiger partial charge is 0.385 e. The van der Waals surface area contributed by atoms with Gasteiger partial charge in [-0.15, -0.1) is 0 Å². The van der Waals surface area contributed by atoms with Crippen molar-refractivity contribution < 1.29 is 4.74 Å². The van der Waals surface area contributed by atoms with Gasteiger partial charge in [0.05, 0.1) is 6.10 Å². The van der Waals surface area contributed by atoms with Crippen LogP contribution >= 0.6 is 11.6 Å². The molecule has 1 heterocycles. The topological polar surface area (TPSA) is 21.3 Å². The molecule has 0 aromatic heterocycles.